The van der Waals surface area contributed by atoms with Gasteiger partial charge in [0.05, 0.1) is 18.3 Å². The summed E-state index contributed by atoms with van der Waals surface area (Å²) in [5, 5.41) is 4.80. The van der Waals surface area contributed by atoms with E-state index in [1.807, 2.05) is 30.5 Å². The summed E-state index contributed by atoms with van der Waals surface area (Å²) in [4.78, 5) is 16.9. The highest BCUT2D eigenvalue weighted by Crippen LogP contribution is 2.17. The normalized spacial score (nSPS) is 10.2. The van der Waals surface area contributed by atoms with Crippen molar-refractivity contribution in [3.8, 4) is 0 Å². The molecular weight excluding hydrogens is 300 g/mol. The molecular formula is C12H11BrN2OS. The van der Waals surface area contributed by atoms with Crippen LogP contribution in [0, 0.1) is 6.92 Å². The highest BCUT2D eigenvalue weighted by atomic mass is 79.9. The fourth-order valence-electron chi connectivity index (χ4n) is 1.40. The lowest BCUT2D eigenvalue weighted by molar-refractivity contribution is -0.115. The number of rotatable bonds is 3. The Morgan fingerprint density at radius 3 is 3.06 bits per heavy atom. The summed E-state index contributed by atoms with van der Waals surface area (Å²) < 4.78 is 0.800. The van der Waals surface area contributed by atoms with Crippen LogP contribution in [0.2, 0.25) is 0 Å². The van der Waals surface area contributed by atoms with Crippen molar-refractivity contribution in [1.29, 1.82) is 0 Å². The minimum Gasteiger partial charge on any atom is -0.324 e. The number of aryl methyl sites for hydroxylation is 1. The van der Waals surface area contributed by atoms with E-state index in [0.29, 0.717) is 6.42 Å². The van der Waals surface area contributed by atoms with E-state index in [1.165, 1.54) is 0 Å². The summed E-state index contributed by atoms with van der Waals surface area (Å²) in [5.41, 5.74) is 1.73. The summed E-state index contributed by atoms with van der Waals surface area (Å²) in [6, 6.07) is 5.79. The molecule has 0 radical (unpaired) electrons. The van der Waals surface area contributed by atoms with Gasteiger partial charge in [-0.05, 0) is 45.9 Å². The second-order valence-corrected chi connectivity index (χ2v) is 5.42. The zero-order valence-corrected chi connectivity index (χ0v) is 11.6. The van der Waals surface area contributed by atoms with Gasteiger partial charge in [-0.25, -0.2) is 4.98 Å². The van der Waals surface area contributed by atoms with Crippen LogP contribution in [0.1, 0.15) is 10.4 Å². The highest BCUT2D eigenvalue weighted by molar-refractivity contribution is 9.10. The maximum absolute atomic E-state index is 11.7. The number of aromatic nitrogens is 1. The van der Waals surface area contributed by atoms with Crippen molar-refractivity contribution in [2.24, 2.45) is 0 Å². The maximum Gasteiger partial charge on any atom is 0.229 e. The molecule has 1 amide bonds. The first kappa shape index (κ1) is 12.3. The molecule has 1 N–H and O–H groups in total. The van der Waals surface area contributed by atoms with Crippen molar-refractivity contribution in [2.45, 2.75) is 13.3 Å². The Labute approximate surface area is 112 Å². The van der Waals surface area contributed by atoms with Gasteiger partial charge in [-0.1, -0.05) is 6.07 Å². The van der Waals surface area contributed by atoms with Gasteiger partial charge in [-0.2, -0.15) is 0 Å². The number of anilines is 1. The number of amides is 1. The van der Waals surface area contributed by atoms with E-state index >= 15 is 0 Å². The summed E-state index contributed by atoms with van der Waals surface area (Å²) in [7, 11) is 0. The minimum atomic E-state index is -0.0176. The molecule has 0 bridgehead atoms. The van der Waals surface area contributed by atoms with Gasteiger partial charge in [-0.3, -0.25) is 4.79 Å². The molecule has 17 heavy (non-hydrogen) atoms. The predicted molar refractivity (Wildman–Crippen MR) is 73.3 cm³/mol. The topological polar surface area (TPSA) is 42.0 Å². The van der Waals surface area contributed by atoms with Gasteiger partial charge >= 0.3 is 0 Å². The van der Waals surface area contributed by atoms with Gasteiger partial charge < -0.3 is 5.32 Å². The van der Waals surface area contributed by atoms with Crippen LogP contribution in [-0.4, -0.2) is 10.9 Å². The Morgan fingerprint density at radius 2 is 2.41 bits per heavy atom. The Morgan fingerprint density at radius 1 is 1.59 bits per heavy atom. The highest BCUT2D eigenvalue weighted by Gasteiger charge is 2.06. The standard InChI is InChI=1S/C12H11BrN2OS/c1-8-5-9(7-14-12(8)13)15-11(16)6-10-3-2-4-17-10/h2-5,7H,6H2,1H3,(H,15,16). The van der Waals surface area contributed by atoms with E-state index in [4.69, 9.17) is 0 Å². The molecule has 0 saturated heterocycles. The van der Waals surface area contributed by atoms with Crippen molar-refractivity contribution in [2.75, 3.05) is 5.32 Å². The molecule has 0 fully saturated rings. The summed E-state index contributed by atoms with van der Waals surface area (Å²) in [5.74, 6) is -0.0176. The number of nitrogens with one attached hydrogen (secondary N) is 1. The van der Waals surface area contributed by atoms with E-state index in [1.54, 1.807) is 17.5 Å². The van der Waals surface area contributed by atoms with E-state index in [2.05, 4.69) is 26.2 Å². The smallest absolute Gasteiger partial charge is 0.229 e. The van der Waals surface area contributed by atoms with Crippen molar-refractivity contribution in [1.82, 2.24) is 4.98 Å². The molecule has 0 saturated carbocycles. The molecule has 2 heterocycles. The molecule has 88 valence electrons. The van der Waals surface area contributed by atoms with Gasteiger partial charge in [0.2, 0.25) is 5.91 Å². The largest absolute Gasteiger partial charge is 0.324 e. The third-order valence-electron chi connectivity index (χ3n) is 2.21. The Hall–Kier alpha value is -1.20. The molecule has 2 aromatic heterocycles. The van der Waals surface area contributed by atoms with Crippen LogP contribution in [0.4, 0.5) is 5.69 Å². The summed E-state index contributed by atoms with van der Waals surface area (Å²) in [6.07, 6.45) is 2.05. The van der Waals surface area contributed by atoms with E-state index in [0.717, 1.165) is 20.7 Å². The van der Waals surface area contributed by atoms with Crippen molar-refractivity contribution in [3.05, 3.63) is 44.8 Å². The van der Waals surface area contributed by atoms with Gasteiger partial charge in [-0.15, -0.1) is 11.3 Å². The average Bonchev–Trinajstić information content (AvgIpc) is 2.76. The SMILES string of the molecule is Cc1cc(NC(=O)Cc2cccs2)cnc1Br. The molecule has 0 atom stereocenters. The summed E-state index contributed by atoms with van der Waals surface area (Å²) >= 11 is 4.91. The third kappa shape index (κ3) is 3.38. The van der Waals surface area contributed by atoms with Crippen LogP contribution in [-0.2, 0) is 11.2 Å². The quantitative estimate of drug-likeness (QED) is 0.883. The molecule has 5 heteroatoms. The molecule has 0 unspecified atom stereocenters. The molecule has 2 rings (SSSR count). The zero-order valence-electron chi connectivity index (χ0n) is 9.24. The lowest BCUT2D eigenvalue weighted by Crippen LogP contribution is -2.14. The van der Waals surface area contributed by atoms with Crippen LogP contribution in [0.3, 0.4) is 0 Å². The monoisotopic (exact) mass is 310 g/mol. The Bertz CT molecular complexity index is 525. The number of carbonyl (C=O) groups is 1. The third-order valence-corrected chi connectivity index (χ3v) is 3.92. The number of hydrogen-bond acceptors (Lipinski definition) is 3. The van der Waals surface area contributed by atoms with Gasteiger partial charge in [0.15, 0.2) is 0 Å². The zero-order chi connectivity index (χ0) is 12.3. The maximum atomic E-state index is 11.7. The van der Waals surface area contributed by atoms with Crippen molar-refractivity contribution in [3.63, 3.8) is 0 Å². The molecule has 0 aliphatic heterocycles. The minimum absolute atomic E-state index is 0.0176. The number of pyridine rings is 1. The first-order chi connectivity index (χ1) is 8.15. The Balaban J connectivity index is 2.00. The van der Waals surface area contributed by atoms with Crippen LogP contribution < -0.4 is 5.32 Å². The molecule has 0 aliphatic carbocycles. The number of hydrogen-bond donors (Lipinski definition) is 1. The second-order valence-electron chi connectivity index (χ2n) is 3.64. The lowest BCUT2D eigenvalue weighted by atomic mass is 10.3. The van der Waals surface area contributed by atoms with Crippen LogP contribution >= 0.6 is 27.3 Å². The van der Waals surface area contributed by atoms with Gasteiger partial charge in [0.1, 0.15) is 4.60 Å². The predicted octanol–water partition coefficient (Wildman–Crippen LogP) is 3.40. The fourth-order valence-corrected chi connectivity index (χ4v) is 2.32. The van der Waals surface area contributed by atoms with E-state index in [9.17, 15) is 4.79 Å². The average molecular weight is 311 g/mol. The molecule has 0 aromatic carbocycles. The number of carbonyl (C=O) groups excluding carboxylic acids is 1. The number of halogens is 1. The van der Waals surface area contributed by atoms with Gasteiger partial charge in [0.25, 0.3) is 0 Å². The van der Waals surface area contributed by atoms with E-state index < -0.39 is 0 Å². The molecule has 0 spiro atoms. The first-order valence-corrected chi connectivity index (χ1v) is 6.77. The van der Waals surface area contributed by atoms with Crippen LogP contribution in [0.15, 0.2) is 34.4 Å². The van der Waals surface area contributed by atoms with Crippen molar-refractivity contribution >= 4 is 38.9 Å². The number of thiophene rings is 1. The van der Waals surface area contributed by atoms with E-state index in [-0.39, 0.29) is 5.91 Å². The fraction of sp³-hybridized carbons (Fsp3) is 0.167. The molecule has 2 aromatic rings. The summed E-state index contributed by atoms with van der Waals surface area (Å²) in [6.45, 7) is 1.94. The first-order valence-electron chi connectivity index (χ1n) is 5.09. The Kier molecular flexibility index (Phi) is 3.91. The molecule has 3 nitrogen and oxygen atoms in total. The van der Waals surface area contributed by atoms with Crippen LogP contribution in [0.25, 0.3) is 0 Å². The molecule has 0 aliphatic rings. The van der Waals surface area contributed by atoms with Crippen LogP contribution in [0.5, 0.6) is 0 Å². The second kappa shape index (κ2) is 5.42. The van der Waals surface area contributed by atoms with Gasteiger partial charge in [0, 0.05) is 4.88 Å². The van der Waals surface area contributed by atoms with Crippen molar-refractivity contribution < 1.29 is 4.79 Å². The lowest BCUT2D eigenvalue weighted by Gasteiger charge is -2.05. The number of nitrogens with zero attached hydrogens (tertiary/aromatic N) is 1.